The molecule has 0 aliphatic heterocycles. The molecule has 1 aliphatic rings. The zero-order chi connectivity index (χ0) is 13.2. The Labute approximate surface area is 112 Å². The SMILES string of the molecule is CNC1CCCC1c1nc(-c2ncccc2C)no1. The highest BCUT2D eigenvalue weighted by Crippen LogP contribution is 2.34. The molecule has 3 rings (SSSR count). The maximum absolute atomic E-state index is 5.45. The van der Waals surface area contributed by atoms with E-state index in [1.807, 2.05) is 26.1 Å². The quantitative estimate of drug-likeness (QED) is 0.915. The smallest absolute Gasteiger partial charge is 0.231 e. The number of pyridine rings is 1. The van der Waals surface area contributed by atoms with Crippen molar-refractivity contribution >= 4 is 0 Å². The van der Waals surface area contributed by atoms with Gasteiger partial charge in [-0.3, -0.25) is 4.98 Å². The Balaban J connectivity index is 1.90. The van der Waals surface area contributed by atoms with Gasteiger partial charge in [0.05, 0.1) is 5.92 Å². The Morgan fingerprint density at radius 2 is 2.26 bits per heavy atom. The van der Waals surface area contributed by atoms with E-state index in [9.17, 15) is 0 Å². The topological polar surface area (TPSA) is 63.8 Å². The predicted molar refractivity (Wildman–Crippen MR) is 71.7 cm³/mol. The third-order valence-corrected chi connectivity index (χ3v) is 3.87. The van der Waals surface area contributed by atoms with Crippen molar-refractivity contribution in [1.82, 2.24) is 20.4 Å². The Kier molecular flexibility index (Phi) is 3.29. The molecule has 2 aromatic heterocycles. The fraction of sp³-hybridized carbons (Fsp3) is 0.500. The highest BCUT2D eigenvalue weighted by atomic mass is 16.5. The van der Waals surface area contributed by atoms with Crippen molar-refractivity contribution in [2.45, 2.75) is 38.1 Å². The fourth-order valence-corrected chi connectivity index (χ4v) is 2.80. The zero-order valence-corrected chi connectivity index (χ0v) is 11.3. The second-order valence-electron chi connectivity index (χ2n) is 5.06. The van der Waals surface area contributed by atoms with Gasteiger partial charge in [-0.05, 0) is 38.4 Å². The summed E-state index contributed by atoms with van der Waals surface area (Å²) in [7, 11) is 1.99. The van der Waals surface area contributed by atoms with Crippen molar-refractivity contribution in [3.8, 4) is 11.5 Å². The molecule has 1 saturated carbocycles. The third kappa shape index (κ3) is 2.26. The molecule has 1 fully saturated rings. The largest absolute Gasteiger partial charge is 0.339 e. The molecule has 2 aromatic rings. The lowest BCUT2D eigenvalue weighted by Crippen LogP contribution is -2.27. The van der Waals surface area contributed by atoms with Crippen LogP contribution in [0.3, 0.4) is 0 Å². The van der Waals surface area contributed by atoms with Crippen molar-refractivity contribution in [3.63, 3.8) is 0 Å². The van der Waals surface area contributed by atoms with Crippen molar-refractivity contribution in [2.75, 3.05) is 7.05 Å². The highest BCUT2D eigenvalue weighted by Gasteiger charge is 2.32. The van der Waals surface area contributed by atoms with E-state index in [1.54, 1.807) is 6.20 Å². The zero-order valence-electron chi connectivity index (χ0n) is 11.3. The van der Waals surface area contributed by atoms with Gasteiger partial charge >= 0.3 is 0 Å². The lowest BCUT2D eigenvalue weighted by Gasteiger charge is -2.14. The molecule has 0 bridgehead atoms. The minimum atomic E-state index is 0.329. The molecule has 0 amide bonds. The standard InChI is InChI=1S/C14H18N4O/c1-9-5-4-8-16-12(9)13-17-14(19-18-13)10-6-3-7-11(10)15-2/h4-5,8,10-11,15H,3,6-7H2,1-2H3. The van der Waals surface area contributed by atoms with E-state index in [4.69, 9.17) is 4.52 Å². The molecular weight excluding hydrogens is 240 g/mol. The molecule has 2 atom stereocenters. The lowest BCUT2D eigenvalue weighted by atomic mass is 10.0. The summed E-state index contributed by atoms with van der Waals surface area (Å²) in [4.78, 5) is 8.87. The number of hydrogen-bond donors (Lipinski definition) is 1. The number of nitrogens with one attached hydrogen (secondary N) is 1. The van der Waals surface area contributed by atoms with E-state index in [-0.39, 0.29) is 0 Å². The van der Waals surface area contributed by atoms with Crippen LogP contribution in [-0.4, -0.2) is 28.2 Å². The molecule has 0 aromatic carbocycles. The summed E-state index contributed by atoms with van der Waals surface area (Å²) in [5.41, 5.74) is 1.86. The van der Waals surface area contributed by atoms with Gasteiger partial charge in [-0.25, -0.2) is 0 Å². The molecule has 0 spiro atoms. The number of hydrogen-bond acceptors (Lipinski definition) is 5. The van der Waals surface area contributed by atoms with Crippen molar-refractivity contribution < 1.29 is 4.52 Å². The number of likely N-dealkylation sites (N-methyl/N-ethyl adjacent to an activating group) is 1. The van der Waals surface area contributed by atoms with Crippen LogP contribution in [0.15, 0.2) is 22.9 Å². The molecule has 2 heterocycles. The normalized spacial score (nSPS) is 22.8. The second-order valence-corrected chi connectivity index (χ2v) is 5.06. The van der Waals surface area contributed by atoms with Gasteiger partial charge in [0.15, 0.2) is 0 Å². The predicted octanol–water partition coefficient (Wildman–Crippen LogP) is 2.30. The summed E-state index contributed by atoms with van der Waals surface area (Å²) in [6.07, 6.45) is 5.23. The molecular formula is C14H18N4O. The monoisotopic (exact) mass is 258 g/mol. The maximum atomic E-state index is 5.45. The Bertz CT molecular complexity index is 566. The van der Waals surface area contributed by atoms with E-state index in [0.717, 1.165) is 23.6 Å². The van der Waals surface area contributed by atoms with Gasteiger partial charge in [0.25, 0.3) is 0 Å². The summed E-state index contributed by atoms with van der Waals surface area (Å²) in [6.45, 7) is 2.00. The van der Waals surface area contributed by atoms with E-state index in [0.29, 0.717) is 17.8 Å². The average Bonchev–Trinajstić information content (AvgIpc) is 3.07. The summed E-state index contributed by atoms with van der Waals surface area (Å²) in [6, 6.07) is 4.36. The molecule has 2 unspecified atom stereocenters. The van der Waals surface area contributed by atoms with E-state index in [1.165, 1.54) is 12.8 Å². The lowest BCUT2D eigenvalue weighted by molar-refractivity contribution is 0.335. The summed E-state index contributed by atoms with van der Waals surface area (Å²) in [5.74, 6) is 1.65. The fourth-order valence-electron chi connectivity index (χ4n) is 2.80. The number of nitrogens with zero attached hydrogens (tertiary/aromatic N) is 3. The van der Waals surface area contributed by atoms with Gasteiger partial charge in [-0.2, -0.15) is 4.98 Å². The van der Waals surface area contributed by atoms with Crippen LogP contribution in [0.5, 0.6) is 0 Å². The first-order valence-electron chi connectivity index (χ1n) is 6.72. The van der Waals surface area contributed by atoms with Crippen LogP contribution in [-0.2, 0) is 0 Å². The Morgan fingerprint density at radius 1 is 1.37 bits per heavy atom. The van der Waals surface area contributed by atoms with Crippen molar-refractivity contribution in [2.24, 2.45) is 0 Å². The van der Waals surface area contributed by atoms with Crippen LogP contribution in [0, 0.1) is 6.92 Å². The minimum absolute atomic E-state index is 0.329. The number of rotatable bonds is 3. The molecule has 1 aliphatic carbocycles. The summed E-state index contributed by atoms with van der Waals surface area (Å²) >= 11 is 0. The third-order valence-electron chi connectivity index (χ3n) is 3.87. The first-order chi connectivity index (χ1) is 9.29. The molecule has 5 heteroatoms. The number of aryl methyl sites for hydroxylation is 1. The molecule has 1 N–H and O–H groups in total. The average molecular weight is 258 g/mol. The first kappa shape index (κ1) is 12.3. The van der Waals surface area contributed by atoms with Crippen LogP contribution in [0.1, 0.15) is 36.6 Å². The van der Waals surface area contributed by atoms with Gasteiger partial charge in [0.2, 0.25) is 11.7 Å². The molecule has 0 radical (unpaired) electrons. The van der Waals surface area contributed by atoms with Gasteiger partial charge in [0.1, 0.15) is 5.69 Å². The molecule has 5 nitrogen and oxygen atoms in total. The van der Waals surface area contributed by atoms with Crippen LogP contribution >= 0.6 is 0 Å². The highest BCUT2D eigenvalue weighted by molar-refractivity contribution is 5.53. The molecule has 100 valence electrons. The van der Waals surface area contributed by atoms with Gasteiger partial charge in [0, 0.05) is 12.2 Å². The van der Waals surface area contributed by atoms with Crippen molar-refractivity contribution in [1.29, 1.82) is 0 Å². The first-order valence-corrected chi connectivity index (χ1v) is 6.72. The Hall–Kier alpha value is -1.75. The van der Waals surface area contributed by atoms with Gasteiger partial charge < -0.3 is 9.84 Å². The van der Waals surface area contributed by atoms with Crippen LogP contribution < -0.4 is 5.32 Å². The van der Waals surface area contributed by atoms with E-state index in [2.05, 4.69) is 20.4 Å². The van der Waals surface area contributed by atoms with Crippen LogP contribution in [0.2, 0.25) is 0 Å². The summed E-state index contributed by atoms with van der Waals surface area (Å²) in [5, 5.41) is 7.41. The Morgan fingerprint density at radius 3 is 3.05 bits per heavy atom. The van der Waals surface area contributed by atoms with Crippen LogP contribution in [0.4, 0.5) is 0 Å². The van der Waals surface area contributed by atoms with E-state index >= 15 is 0 Å². The van der Waals surface area contributed by atoms with Crippen molar-refractivity contribution in [3.05, 3.63) is 29.8 Å². The summed E-state index contributed by atoms with van der Waals surface area (Å²) < 4.78 is 5.45. The number of aromatic nitrogens is 3. The minimum Gasteiger partial charge on any atom is -0.339 e. The molecule has 0 saturated heterocycles. The second kappa shape index (κ2) is 5.09. The van der Waals surface area contributed by atoms with Gasteiger partial charge in [-0.1, -0.05) is 17.6 Å². The maximum Gasteiger partial charge on any atom is 0.231 e. The van der Waals surface area contributed by atoms with Gasteiger partial charge in [-0.15, -0.1) is 0 Å². The molecule has 19 heavy (non-hydrogen) atoms. The van der Waals surface area contributed by atoms with E-state index < -0.39 is 0 Å². The van der Waals surface area contributed by atoms with Crippen LogP contribution in [0.25, 0.3) is 11.5 Å².